The van der Waals surface area contributed by atoms with E-state index in [0.29, 0.717) is 17.9 Å². The van der Waals surface area contributed by atoms with Crippen LogP contribution in [0.4, 0.5) is 10.2 Å². The molecule has 2 aromatic rings. The van der Waals surface area contributed by atoms with Crippen LogP contribution < -0.4 is 5.32 Å². The Kier molecular flexibility index (Phi) is 4.29. The van der Waals surface area contributed by atoms with Gasteiger partial charge in [0.25, 0.3) is 0 Å². The van der Waals surface area contributed by atoms with Crippen molar-refractivity contribution in [3.05, 3.63) is 52.2 Å². The number of aldehydes is 1. The zero-order valence-corrected chi connectivity index (χ0v) is 11.8. The zero-order valence-electron chi connectivity index (χ0n) is 11.0. The van der Waals surface area contributed by atoms with Crippen molar-refractivity contribution in [2.45, 2.75) is 19.9 Å². The summed E-state index contributed by atoms with van der Waals surface area (Å²) in [6.45, 7) is 3.52. The summed E-state index contributed by atoms with van der Waals surface area (Å²) in [6.07, 6.45) is 0.600. The Morgan fingerprint density at radius 3 is 2.80 bits per heavy atom. The molecular formula is C14H13ClFN3O. The largest absolute Gasteiger partial charge is 0.363 e. The Morgan fingerprint density at radius 2 is 2.15 bits per heavy atom. The number of hydrogen-bond acceptors (Lipinski definition) is 4. The third kappa shape index (κ3) is 3.11. The van der Waals surface area contributed by atoms with Gasteiger partial charge in [0.15, 0.2) is 6.29 Å². The number of halogens is 2. The summed E-state index contributed by atoms with van der Waals surface area (Å²) in [5.74, 6) is 0.479. The molecular weight excluding hydrogens is 281 g/mol. The van der Waals surface area contributed by atoms with Crippen molar-refractivity contribution in [2.75, 3.05) is 5.32 Å². The molecule has 0 fully saturated rings. The van der Waals surface area contributed by atoms with Crippen molar-refractivity contribution < 1.29 is 9.18 Å². The maximum absolute atomic E-state index is 13.2. The van der Waals surface area contributed by atoms with Crippen LogP contribution in [0.1, 0.15) is 34.7 Å². The van der Waals surface area contributed by atoms with E-state index < -0.39 is 0 Å². The Morgan fingerprint density at radius 1 is 1.40 bits per heavy atom. The molecule has 2 rings (SSSR count). The molecule has 20 heavy (non-hydrogen) atoms. The molecule has 0 aliphatic carbocycles. The summed E-state index contributed by atoms with van der Waals surface area (Å²) in [6, 6.07) is 5.99. The summed E-state index contributed by atoms with van der Waals surface area (Å²) in [5.41, 5.74) is 0.940. The fraction of sp³-hybridized carbons (Fsp3) is 0.214. The Bertz CT molecular complexity index is 648. The molecule has 0 aliphatic rings. The van der Waals surface area contributed by atoms with Crippen molar-refractivity contribution in [1.29, 1.82) is 0 Å². The van der Waals surface area contributed by atoms with Crippen molar-refractivity contribution >= 4 is 23.7 Å². The van der Waals surface area contributed by atoms with E-state index in [4.69, 9.17) is 11.6 Å². The van der Waals surface area contributed by atoms with Crippen LogP contribution in [0.5, 0.6) is 0 Å². The van der Waals surface area contributed by atoms with Crippen molar-refractivity contribution in [3.8, 4) is 0 Å². The molecule has 0 spiro atoms. The van der Waals surface area contributed by atoms with Gasteiger partial charge < -0.3 is 5.32 Å². The van der Waals surface area contributed by atoms with Crippen molar-refractivity contribution in [2.24, 2.45) is 0 Å². The third-order valence-corrected chi connectivity index (χ3v) is 3.12. The number of carbonyl (C=O) groups is 1. The van der Waals surface area contributed by atoms with Crippen LogP contribution in [0.2, 0.25) is 5.15 Å². The van der Waals surface area contributed by atoms with Crippen LogP contribution in [0.25, 0.3) is 0 Å². The van der Waals surface area contributed by atoms with Gasteiger partial charge in [-0.05, 0) is 31.5 Å². The third-order valence-electron chi connectivity index (χ3n) is 2.83. The molecule has 0 aliphatic heterocycles. The zero-order chi connectivity index (χ0) is 14.7. The molecule has 0 radical (unpaired) electrons. The van der Waals surface area contributed by atoms with Crippen LogP contribution in [0.3, 0.4) is 0 Å². The molecule has 1 unspecified atom stereocenters. The quantitative estimate of drug-likeness (QED) is 0.692. The number of aryl methyl sites for hydroxylation is 1. The van der Waals surface area contributed by atoms with Gasteiger partial charge in [-0.15, -0.1) is 0 Å². The summed E-state index contributed by atoms with van der Waals surface area (Å²) in [7, 11) is 0. The number of benzene rings is 1. The van der Waals surface area contributed by atoms with Gasteiger partial charge in [-0.25, -0.2) is 14.4 Å². The highest BCUT2D eigenvalue weighted by Gasteiger charge is 2.14. The summed E-state index contributed by atoms with van der Waals surface area (Å²) in [5, 5.41) is 3.15. The second-order valence-electron chi connectivity index (χ2n) is 4.36. The Labute approximate surface area is 121 Å². The number of hydrogen-bond donors (Lipinski definition) is 1. The predicted octanol–water partition coefficient (Wildman–Crippen LogP) is 3.56. The number of aromatic nitrogens is 2. The number of nitrogens with zero attached hydrogens (tertiary/aromatic N) is 2. The molecule has 1 aromatic heterocycles. The molecule has 0 bridgehead atoms. The first-order valence-corrected chi connectivity index (χ1v) is 6.40. The SMILES string of the molecule is Cc1nc(Cl)c(C=O)c(NC(C)c2cccc(F)c2)n1. The van der Waals surface area contributed by atoms with Gasteiger partial charge in [0, 0.05) is 0 Å². The van der Waals surface area contributed by atoms with Gasteiger partial charge in [-0.1, -0.05) is 23.7 Å². The molecule has 1 N–H and O–H groups in total. The van der Waals surface area contributed by atoms with E-state index in [1.54, 1.807) is 19.1 Å². The smallest absolute Gasteiger partial charge is 0.156 e. The monoisotopic (exact) mass is 293 g/mol. The minimum absolute atomic E-state index is 0.0986. The lowest BCUT2D eigenvalue weighted by molar-refractivity contribution is 0.112. The first-order chi connectivity index (χ1) is 9.51. The summed E-state index contributed by atoms with van der Waals surface area (Å²) >= 11 is 5.91. The molecule has 1 aromatic carbocycles. The van der Waals surface area contributed by atoms with Crippen molar-refractivity contribution in [3.63, 3.8) is 0 Å². The van der Waals surface area contributed by atoms with Crippen LogP contribution in [0, 0.1) is 12.7 Å². The number of rotatable bonds is 4. The highest BCUT2D eigenvalue weighted by atomic mass is 35.5. The fourth-order valence-electron chi connectivity index (χ4n) is 1.83. The standard InChI is InChI=1S/C14H13ClFN3O/c1-8(10-4-3-5-11(16)6-10)17-14-12(7-20)13(15)18-9(2)19-14/h3-8H,1-2H3,(H,17,18,19). The first-order valence-electron chi connectivity index (χ1n) is 6.02. The normalized spacial score (nSPS) is 12.0. The highest BCUT2D eigenvalue weighted by Crippen LogP contribution is 2.24. The molecule has 0 amide bonds. The molecule has 6 heteroatoms. The van der Waals surface area contributed by atoms with Crippen LogP contribution in [-0.2, 0) is 0 Å². The molecule has 4 nitrogen and oxygen atoms in total. The van der Waals surface area contributed by atoms with E-state index in [2.05, 4.69) is 15.3 Å². The van der Waals surface area contributed by atoms with E-state index in [1.165, 1.54) is 12.1 Å². The molecule has 104 valence electrons. The second-order valence-corrected chi connectivity index (χ2v) is 4.72. The molecule has 0 saturated carbocycles. The summed E-state index contributed by atoms with van der Waals surface area (Å²) in [4.78, 5) is 19.2. The lowest BCUT2D eigenvalue weighted by atomic mass is 10.1. The minimum atomic E-state index is -0.316. The Hall–Kier alpha value is -2.01. The molecule has 1 heterocycles. The first kappa shape index (κ1) is 14.4. The Balaban J connectivity index is 2.32. The van der Waals surface area contributed by atoms with Gasteiger partial charge in [-0.2, -0.15) is 0 Å². The average molecular weight is 294 g/mol. The van der Waals surface area contributed by atoms with Crippen molar-refractivity contribution in [1.82, 2.24) is 9.97 Å². The van der Waals surface area contributed by atoms with E-state index >= 15 is 0 Å². The fourth-order valence-corrected chi connectivity index (χ4v) is 2.08. The maximum atomic E-state index is 13.2. The van der Waals surface area contributed by atoms with Gasteiger partial charge >= 0.3 is 0 Å². The second kappa shape index (κ2) is 5.96. The van der Waals surface area contributed by atoms with Gasteiger partial charge in [-0.3, -0.25) is 4.79 Å². The van der Waals surface area contributed by atoms with E-state index in [0.717, 1.165) is 5.56 Å². The van der Waals surface area contributed by atoms with E-state index in [1.807, 2.05) is 6.92 Å². The number of anilines is 1. The maximum Gasteiger partial charge on any atom is 0.156 e. The van der Waals surface area contributed by atoms with Crippen LogP contribution in [-0.4, -0.2) is 16.3 Å². The molecule has 1 atom stereocenters. The minimum Gasteiger partial charge on any atom is -0.363 e. The lowest BCUT2D eigenvalue weighted by Crippen LogP contribution is -2.12. The molecule has 0 saturated heterocycles. The number of carbonyl (C=O) groups excluding carboxylic acids is 1. The summed E-state index contributed by atoms with van der Waals surface area (Å²) < 4.78 is 13.2. The van der Waals surface area contributed by atoms with Gasteiger partial charge in [0.05, 0.1) is 11.6 Å². The number of nitrogens with one attached hydrogen (secondary N) is 1. The van der Waals surface area contributed by atoms with E-state index in [-0.39, 0.29) is 22.6 Å². The average Bonchev–Trinajstić information content (AvgIpc) is 2.38. The van der Waals surface area contributed by atoms with Crippen LogP contribution >= 0.6 is 11.6 Å². The van der Waals surface area contributed by atoms with Gasteiger partial charge in [0.1, 0.15) is 22.6 Å². The van der Waals surface area contributed by atoms with Crippen LogP contribution in [0.15, 0.2) is 24.3 Å². The predicted molar refractivity (Wildman–Crippen MR) is 75.6 cm³/mol. The highest BCUT2D eigenvalue weighted by molar-refractivity contribution is 6.32. The lowest BCUT2D eigenvalue weighted by Gasteiger charge is -2.17. The van der Waals surface area contributed by atoms with Gasteiger partial charge in [0.2, 0.25) is 0 Å². The topological polar surface area (TPSA) is 54.9 Å². The van der Waals surface area contributed by atoms with E-state index in [9.17, 15) is 9.18 Å².